The van der Waals surface area contributed by atoms with Crippen LogP contribution < -0.4 is 5.63 Å². The fourth-order valence-corrected chi connectivity index (χ4v) is 6.64. The lowest BCUT2D eigenvalue weighted by Gasteiger charge is -2.27. The number of rotatable bonds is 3. The van der Waals surface area contributed by atoms with Crippen molar-refractivity contribution in [1.82, 2.24) is 0 Å². The molecule has 0 radical (unpaired) electrons. The number of halogens is 1. The molecular formula is C23H20FNO3S2. The van der Waals surface area contributed by atoms with Crippen LogP contribution in [0.4, 0.5) is 4.39 Å². The summed E-state index contributed by atoms with van der Waals surface area (Å²) in [4.78, 5) is 17.7. The topological polar surface area (TPSA) is 62.8 Å². The Balaban J connectivity index is 1.40. The van der Waals surface area contributed by atoms with Gasteiger partial charge in [-0.15, -0.1) is 0 Å². The SMILES string of the molecule is O=c1cc(-c2ccc(F)cc2)c2ccc(SC3=NCC(C4(O)CCCC4)S3)cc2o1. The van der Waals surface area contributed by atoms with Gasteiger partial charge in [0.15, 0.2) is 0 Å². The van der Waals surface area contributed by atoms with Crippen LogP contribution in [0.2, 0.25) is 0 Å². The molecule has 2 heterocycles. The van der Waals surface area contributed by atoms with E-state index in [1.54, 1.807) is 23.9 Å². The van der Waals surface area contributed by atoms with Crippen molar-refractivity contribution in [3.63, 3.8) is 0 Å². The van der Waals surface area contributed by atoms with Gasteiger partial charge in [-0.25, -0.2) is 9.18 Å². The molecule has 0 bridgehead atoms. The van der Waals surface area contributed by atoms with Gasteiger partial charge in [0.1, 0.15) is 15.8 Å². The number of thioether (sulfide) groups is 2. The maximum absolute atomic E-state index is 13.3. The molecule has 0 saturated heterocycles. The van der Waals surface area contributed by atoms with Gasteiger partial charge in [-0.3, -0.25) is 4.99 Å². The summed E-state index contributed by atoms with van der Waals surface area (Å²) in [5, 5.41) is 11.7. The highest BCUT2D eigenvalue weighted by molar-refractivity contribution is 8.39. The minimum atomic E-state index is -0.600. The van der Waals surface area contributed by atoms with Gasteiger partial charge in [0.2, 0.25) is 0 Å². The zero-order valence-electron chi connectivity index (χ0n) is 16.1. The Kier molecular flexibility index (Phi) is 5.21. The second-order valence-electron chi connectivity index (χ2n) is 7.77. The minimum Gasteiger partial charge on any atom is -0.423 e. The van der Waals surface area contributed by atoms with Crippen LogP contribution in [0.1, 0.15) is 25.7 Å². The van der Waals surface area contributed by atoms with E-state index in [9.17, 15) is 14.3 Å². The van der Waals surface area contributed by atoms with Gasteiger partial charge in [-0.05, 0) is 54.3 Å². The molecule has 5 rings (SSSR count). The van der Waals surface area contributed by atoms with Crippen LogP contribution in [0, 0.1) is 5.82 Å². The van der Waals surface area contributed by atoms with Crippen molar-refractivity contribution in [3.8, 4) is 11.1 Å². The van der Waals surface area contributed by atoms with Crippen molar-refractivity contribution in [3.05, 3.63) is 64.8 Å². The van der Waals surface area contributed by atoms with Gasteiger partial charge in [-0.2, -0.15) is 0 Å². The summed E-state index contributed by atoms with van der Waals surface area (Å²) in [5.41, 5.74) is 0.921. The van der Waals surface area contributed by atoms with Gasteiger partial charge in [0.05, 0.1) is 17.4 Å². The van der Waals surface area contributed by atoms with Gasteiger partial charge < -0.3 is 9.52 Å². The van der Waals surface area contributed by atoms with Gasteiger partial charge in [0.25, 0.3) is 0 Å². The standard InChI is InChI=1S/C23H20FNO3S2/c24-15-5-3-14(4-6-15)18-12-21(26)28-19-11-16(7-8-17(18)19)29-22-25-13-20(30-22)23(27)9-1-2-10-23/h3-8,11-12,20,27H,1-2,9-10,13H2. The first-order valence-corrected chi connectivity index (χ1v) is 11.6. The molecule has 1 aliphatic heterocycles. The number of nitrogens with zero attached hydrogens (tertiary/aromatic N) is 1. The zero-order valence-corrected chi connectivity index (χ0v) is 17.8. The van der Waals surface area contributed by atoms with Crippen LogP contribution in [-0.2, 0) is 0 Å². The highest BCUT2D eigenvalue weighted by atomic mass is 32.2. The molecule has 1 aliphatic carbocycles. The Hall–Kier alpha value is -2.09. The molecule has 1 atom stereocenters. The molecule has 7 heteroatoms. The lowest BCUT2D eigenvalue weighted by molar-refractivity contribution is 0.0483. The Bertz CT molecular complexity index is 1180. The maximum atomic E-state index is 13.3. The molecule has 2 aliphatic rings. The van der Waals surface area contributed by atoms with Crippen molar-refractivity contribution >= 4 is 38.9 Å². The van der Waals surface area contributed by atoms with E-state index < -0.39 is 11.2 Å². The smallest absolute Gasteiger partial charge is 0.336 e. The highest BCUT2D eigenvalue weighted by Gasteiger charge is 2.42. The van der Waals surface area contributed by atoms with E-state index in [0.717, 1.165) is 45.9 Å². The summed E-state index contributed by atoms with van der Waals surface area (Å²) in [7, 11) is 0. The largest absolute Gasteiger partial charge is 0.423 e. The number of aliphatic hydroxyl groups is 1. The number of aliphatic imine (C=N–C) groups is 1. The normalized spacial score (nSPS) is 20.6. The van der Waals surface area contributed by atoms with Crippen LogP contribution in [-0.4, -0.2) is 26.9 Å². The predicted octanol–water partition coefficient (Wildman–Crippen LogP) is 5.47. The van der Waals surface area contributed by atoms with Crippen molar-refractivity contribution in [1.29, 1.82) is 0 Å². The Morgan fingerprint density at radius 2 is 1.90 bits per heavy atom. The summed E-state index contributed by atoms with van der Waals surface area (Å²) in [6.45, 7) is 0.640. The summed E-state index contributed by atoms with van der Waals surface area (Å²) in [6.07, 6.45) is 3.86. The average Bonchev–Trinajstić information content (AvgIpc) is 3.38. The number of benzene rings is 2. The molecule has 1 fully saturated rings. The predicted molar refractivity (Wildman–Crippen MR) is 121 cm³/mol. The van der Waals surface area contributed by atoms with Crippen molar-refractivity contribution in [2.75, 3.05) is 6.54 Å². The summed E-state index contributed by atoms with van der Waals surface area (Å²) < 4.78 is 19.6. The molecule has 1 aromatic heterocycles. The summed E-state index contributed by atoms with van der Waals surface area (Å²) in [6, 6.07) is 13.2. The van der Waals surface area contributed by atoms with Crippen LogP contribution in [0.3, 0.4) is 0 Å². The highest BCUT2D eigenvalue weighted by Crippen LogP contribution is 2.44. The fraction of sp³-hybridized carbons (Fsp3) is 0.304. The molecule has 2 aromatic carbocycles. The van der Waals surface area contributed by atoms with Crippen molar-refractivity contribution in [2.45, 2.75) is 41.4 Å². The molecule has 4 nitrogen and oxygen atoms in total. The number of hydrogen-bond donors (Lipinski definition) is 1. The van der Waals surface area contributed by atoms with Crippen LogP contribution in [0.15, 0.2) is 67.6 Å². The Morgan fingerprint density at radius 3 is 2.67 bits per heavy atom. The van der Waals surface area contributed by atoms with Crippen molar-refractivity contribution < 1.29 is 13.9 Å². The molecular weight excluding hydrogens is 421 g/mol. The maximum Gasteiger partial charge on any atom is 0.336 e. The van der Waals surface area contributed by atoms with Gasteiger partial charge in [-0.1, -0.05) is 48.5 Å². The van der Waals surface area contributed by atoms with E-state index in [2.05, 4.69) is 4.99 Å². The van der Waals surface area contributed by atoms with E-state index in [1.807, 2.05) is 18.2 Å². The third-order valence-corrected chi connectivity index (χ3v) is 8.31. The van der Waals surface area contributed by atoms with E-state index in [1.165, 1.54) is 30.0 Å². The summed E-state index contributed by atoms with van der Waals surface area (Å²) in [5.74, 6) is -0.319. The van der Waals surface area contributed by atoms with Crippen LogP contribution in [0.5, 0.6) is 0 Å². The molecule has 154 valence electrons. The van der Waals surface area contributed by atoms with Gasteiger partial charge >= 0.3 is 5.63 Å². The third kappa shape index (κ3) is 3.82. The van der Waals surface area contributed by atoms with E-state index in [-0.39, 0.29) is 11.1 Å². The van der Waals surface area contributed by atoms with E-state index in [4.69, 9.17) is 4.42 Å². The monoisotopic (exact) mass is 441 g/mol. The molecule has 3 aromatic rings. The minimum absolute atomic E-state index is 0.117. The van der Waals surface area contributed by atoms with E-state index >= 15 is 0 Å². The zero-order chi connectivity index (χ0) is 20.7. The Labute approximate surface area is 181 Å². The quantitative estimate of drug-likeness (QED) is 0.546. The lowest BCUT2D eigenvalue weighted by atomic mass is 9.98. The Morgan fingerprint density at radius 1 is 1.13 bits per heavy atom. The first-order chi connectivity index (χ1) is 14.5. The number of fused-ring (bicyclic) bond motifs is 1. The third-order valence-electron chi connectivity index (χ3n) is 5.77. The first kappa shape index (κ1) is 19.8. The molecule has 1 unspecified atom stereocenters. The average molecular weight is 442 g/mol. The summed E-state index contributed by atoms with van der Waals surface area (Å²) >= 11 is 3.17. The second-order valence-corrected chi connectivity index (χ2v) is 10.3. The van der Waals surface area contributed by atoms with Crippen molar-refractivity contribution in [2.24, 2.45) is 4.99 Å². The molecule has 0 amide bonds. The molecule has 1 saturated carbocycles. The second kappa shape index (κ2) is 7.87. The molecule has 1 N–H and O–H groups in total. The number of hydrogen-bond acceptors (Lipinski definition) is 6. The van der Waals surface area contributed by atoms with Gasteiger partial charge in [0, 0.05) is 16.3 Å². The fourth-order valence-electron chi connectivity index (χ4n) is 4.17. The lowest BCUT2D eigenvalue weighted by Crippen LogP contribution is -2.38. The molecule has 30 heavy (non-hydrogen) atoms. The van der Waals surface area contributed by atoms with Crippen LogP contribution in [0.25, 0.3) is 22.1 Å². The molecule has 0 spiro atoms. The van der Waals surface area contributed by atoms with E-state index in [0.29, 0.717) is 17.7 Å². The van der Waals surface area contributed by atoms with Crippen LogP contribution >= 0.6 is 23.5 Å². The first-order valence-electron chi connectivity index (χ1n) is 9.95.